The summed E-state index contributed by atoms with van der Waals surface area (Å²) in [5.41, 5.74) is 3.35. The molecule has 0 saturated carbocycles. The molecule has 5 N–H and O–H groups in total. The lowest BCUT2D eigenvalue weighted by Crippen LogP contribution is -2.60. The van der Waals surface area contributed by atoms with E-state index in [-0.39, 0.29) is 70.8 Å². The van der Waals surface area contributed by atoms with Crippen molar-refractivity contribution in [2.45, 2.75) is 64.9 Å². The Hall–Kier alpha value is -4.65. The van der Waals surface area contributed by atoms with Crippen LogP contribution in [0.25, 0.3) is 21.7 Å². The van der Waals surface area contributed by atoms with Gasteiger partial charge in [0, 0.05) is 62.3 Å². The fraction of sp³-hybridized carbons (Fsp3) is 0.476. The van der Waals surface area contributed by atoms with Gasteiger partial charge in [-0.15, -0.1) is 22.7 Å². The minimum absolute atomic E-state index is 0.0107. The van der Waals surface area contributed by atoms with Gasteiger partial charge < -0.3 is 45.3 Å². The SMILES string of the molecule is Cc1ncsc1-c1ccc([Si][C@H](C)NC(=O)[Si]2C[C@@H](O)CN2C(=O)[C@@H](NC(=O)CCNCCNC(=O)COc2c(-c3csc(N4CCOCC4)n3)ccc(F)c2F)C(C)(C)C)cc1. The number of aromatic nitrogens is 2. The maximum Gasteiger partial charge on any atom is 0.286 e. The number of morpholine rings is 1. The van der Waals surface area contributed by atoms with Gasteiger partial charge >= 0.3 is 0 Å². The molecule has 2 fully saturated rings. The van der Waals surface area contributed by atoms with E-state index in [1.165, 1.54) is 22.0 Å². The lowest BCUT2D eigenvalue weighted by atomic mass is 9.86. The number of benzene rings is 2. The van der Waals surface area contributed by atoms with Crippen molar-refractivity contribution >= 4 is 74.7 Å². The van der Waals surface area contributed by atoms with Crippen LogP contribution in [0.15, 0.2) is 47.3 Å². The molecular formula is C42H53F2N8O7S2Si2. The van der Waals surface area contributed by atoms with E-state index in [2.05, 4.69) is 43.4 Å². The highest BCUT2D eigenvalue weighted by atomic mass is 32.1. The van der Waals surface area contributed by atoms with Gasteiger partial charge in [-0.3, -0.25) is 19.2 Å². The number of carbonyl (C=O) groups is 4. The molecule has 0 spiro atoms. The quantitative estimate of drug-likeness (QED) is 0.0729. The summed E-state index contributed by atoms with van der Waals surface area (Å²) in [4.78, 5) is 65.5. The highest BCUT2D eigenvalue weighted by molar-refractivity contribution is 7.14. The number of thiazole rings is 2. The number of β-amino-alcohol motifs (C(OH)–C–C–N with tert-alkyl or cyclic N) is 1. The number of rotatable bonds is 18. The summed E-state index contributed by atoms with van der Waals surface area (Å²) in [5.74, 6) is -4.10. The number of aryl methyl sites for hydroxylation is 1. The maximum atomic E-state index is 14.9. The van der Waals surface area contributed by atoms with Crippen molar-refractivity contribution in [2.75, 3.05) is 64.0 Å². The minimum Gasteiger partial charge on any atom is -0.480 e. The molecule has 337 valence electrons. The average Bonchev–Trinajstić information content (AvgIpc) is 4.02. The second-order valence-corrected chi connectivity index (χ2v) is 22.0. The zero-order valence-corrected chi connectivity index (χ0v) is 39.5. The van der Waals surface area contributed by atoms with Crippen LogP contribution >= 0.6 is 22.7 Å². The van der Waals surface area contributed by atoms with Crippen LogP contribution in [-0.2, 0) is 19.1 Å². The first-order valence-electron chi connectivity index (χ1n) is 20.7. The summed E-state index contributed by atoms with van der Waals surface area (Å²) < 4.78 is 41.5. The number of hydrogen-bond donors (Lipinski definition) is 5. The summed E-state index contributed by atoms with van der Waals surface area (Å²) in [6.07, 6.45) is -0.827. The molecule has 21 heteroatoms. The predicted octanol–water partition coefficient (Wildman–Crippen LogP) is 3.22. The molecule has 3 atom stereocenters. The van der Waals surface area contributed by atoms with Gasteiger partial charge in [-0.1, -0.05) is 50.2 Å². The number of nitrogens with one attached hydrogen (secondary N) is 4. The van der Waals surface area contributed by atoms with Crippen LogP contribution in [0.1, 0.15) is 39.8 Å². The summed E-state index contributed by atoms with van der Waals surface area (Å²) in [5, 5.41) is 25.8. The van der Waals surface area contributed by atoms with Crippen molar-refractivity contribution in [3.8, 4) is 27.4 Å². The molecule has 63 heavy (non-hydrogen) atoms. The van der Waals surface area contributed by atoms with Crippen LogP contribution < -0.4 is 36.1 Å². The third-order valence-electron chi connectivity index (χ3n) is 10.3. The number of hydrogen-bond acceptors (Lipinski definition) is 13. The largest absolute Gasteiger partial charge is 0.480 e. The zero-order chi connectivity index (χ0) is 45.3. The Kier molecular flexibility index (Phi) is 16.6. The van der Waals surface area contributed by atoms with E-state index < -0.39 is 62.3 Å². The number of aliphatic hydroxyl groups excluding tert-OH is 1. The number of halogens is 2. The van der Waals surface area contributed by atoms with Gasteiger partial charge in [0.15, 0.2) is 23.3 Å². The van der Waals surface area contributed by atoms with Gasteiger partial charge in [0.2, 0.25) is 23.2 Å². The van der Waals surface area contributed by atoms with E-state index >= 15 is 0 Å². The van der Waals surface area contributed by atoms with Gasteiger partial charge in [0.1, 0.15) is 15.6 Å². The molecule has 4 aromatic rings. The maximum absolute atomic E-state index is 14.9. The molecule has 0 unspecified atom stereocenters. The fourth-order valence-electron chi connectivity index (χ4n) is 7.03. The van der Waals surface area contributed by atoms with Gasteiger partial charge in [0.25, 0.3) is 14.9 Å². The Morgan fingerprint density at radius 3 is 2.48 bits per heavy atom. The smallest absolute Gasteiger partial charge is 0.286 e. The van der Waals surface area contributed by atoms with Crippen molar-refractivity contribution in [2.24, 2.45) is 5.41 Å². The molecule has 4 heterocycles. The molecule has 0 bridgehead atoms. The lowest BCUT2D eigenvalue weighted by molar-refractivity contribution is -0.136. The van der Waals surface area contributed by atoms with Gasteiger partial charge in [0.05, 0.1) is 41.1 Å². The van der Waals surface area contributed by atoms with Gasteiger partial charge in [-0.2, -0.15) is 4.39 Å². The predicted molar refractivity (Wildman–Crippen MR) is 242 cm³/mol. The highest BCUT2D eigenvalue weighted by Gasteiger charge is 2.46. The standard InChI is InChI=1S/C42H53F2N8O7S2Si2/c1-25-37(61-24-47-25)27-6-8-29(9-7-27)62-26(2)48-41(57)63-23-28(53)20-52(63)39(56)38(42(3,4)5)50-33(54)12-13-45-14-15-46-34(55)21-59-36-30(10-11-31(43)35(36)44)32-22-60-40(49-32)51-16-18-58-19-17-51/h6-11,22,24,26,28,38,45,53H,12-21,23H2,1-5H3,(H,46,55)(H,48,57)(H,50,54)/t26-,28+,38-/m1/s1. The lowest BCUT2D eigenvalue weighted by Gasteiger charge is -2.35. The number of carbonyl (C=O) groups excluding carboxylic acids is 4. The number of aliphatic hydroxyl groups is 1. The first kappa shape index (κ1) is 47.8. The van der Waals surface area contributed by atoms with Crippen LogP contribution in [-0.4, -0.2) is 138 Å². The number of amides is 4. The molecule has 4 amide bonds. The van der Waals surface area contributed by atoms with Crippen molar-refractivity contribution in [3.05, 3.63) is 64.6 Å². The van der Waals surface area contributed by atoms with E-state index in [0.717, 1.165) is 32.5 Å². The van der Waals surface area contributed by atoms with Crippen LogP contribution in [0.3, 0.4) is 0 Å². The van der Waals surface area contributed by atoms with Crippen LogP contribution in [0, 0.1) is 24.0 Å². The van der Waals surface area contributed by atoms with E-state index in [0.29, 0.717) is 32.0 Å². The Bertz CT molecular complexity index is 2220. The van der Waals surface area contributed by atoms with E-state index in [9.17, 15) is 33.1 Å². The molecule has 2 aromatic carbocycles. The second-order valence-electron chi connectivity index (χ2n) is 16.3. The van der Waals surface area contributed by atoms with Crippen LogP contribution in [0.4, 0.5) is 18.7 Å². The monoisotopic (exact) mass is 939 g/mol. The Balaban J connectivity index is 0.929. The topological polar surface area (TPSA) is 187 Å². The average molecular weight is 940 g/mol. The van der Waals surface area contributed by atoms with E-state index in [4.69, 9.17) is 9.47 Å². The van der Waals surface area contributed by atoms with E-state index in [1.807, 2.05) is 57.2 Å². The highest BCUT2D eigenvalue weighted by Crippen LogP contribution is 2.36. The Labute approximate surface area is 377 Å². The third-order valence-corrected chi connectivity index (χ3v) is 16.0. The number of anilines is 1. The van der Waals surface area contributed by atoms with Gasteiger partial charge in [-0.25, -0.2) is 14.4 Å². The van der Waals surface area contributed by atoms with Crippen molar-refractivity contribution in [1.29, 1.82) is 0 Å². The molecule has 15 nitrogen and oxygen atoms in total. The van der Waals surface area contributed by atoms with Crippen LogP contribution in [0.2, 0.25) is 6.04 Å². The van der Waals surface area contributed by atoms with Crippen LogP contribution in [0.5, 0.6) is 5.75 Å². The summed E-state index contributed by atoms with van der Waals surface area (Å²) in [7, 11) is -1.90. The summed E-state index contributed by atoms with van der Waals surface area (Å²) in [6, 6.07) is 9.79. The van der Waals surface area contributed by atoms with Gasteiger partial charge in [-0.05, 0) is 43.0 Å². The second kappa shape index (κ2) is 21.8. The van der Waals surface area contributed by atoms with E-state index in [1.54, 1.807) is 16.7 Å². The molecular weight excluding hydrogens is 887 g/mol. The molecule has 2 aliphatic heterocycles. The minimum atomic E-state index is -2.18. The molecule has 6 rings (SSSR count). The summed E-state index contributed by atoms with van der Waals surface area (Å²) in [6.45, 7) is 12.0. The third kappa shape index (κ3) is 12.8. The fourth-order valence-corrected chi connectivity index (χ4v) is 12.4. The Morgan fingerprint density at radius 1 is 1.03 bits per heavy atom. The first-order valence-corrected chi connectivity index (χ1v) is 25.2. The zero-order valence-electron chi connectivity index (χ0n) is 35.9. The van der Waals surface area contributed by atoms with Crippen molar-refractivity contribution < 1.29 is 42.5 Å². The van der Waals surface area contributed by atoms with Crippen molar-refractivity contribution in [3.63, 3.8) is 0 Å². The number of nitrogens with zero attached hydrogens (tertiary/aromatic N) is 4. The Morgan fingerprint density at radius 2 is 1.78 bits per heavy atom. The molecule has 0 aliphatic carbocycles. The van der Waals surface area contributed by atoms with Crippen molar-refractivity contribution in [1.82, 2.24) is 35.8 Å². The molecule has 2 saturated heterocycles. The number of ether oxygens (including phenoxy) is 2. The normalized spacial score (nSPS) is 16.7. The summed E-state index contributed by atoms with van der Waals surface area (Å²) >= 11 is 2.95. The molecule has 3 radical (unpaired) electrons. The molecule has 2 aliphatic rings. The first-order chi connectivity index (χ1) is 30.1. The molecule has 2 aromatic heterocycles.